The highest BCUT2D eigenvalue weighted by atomic mass is 15.4. The summed E-state index contributed by atoms with van der Waals surface area (Å²) < 4.78 is 0. The van der Waals surface area contributed by atoms with Crippen molar-refractivity contribution >= 4 is 11.5 Å². The van der Waals surface area contributed by atoms with Gasteiger partial charge in [0.05, 0.1) is 0 Å². The summed E-state index contributed by atoms with van der Waals surface area (Å²) in [4.78, 5) is 4.52. The van der Waals surface area contributed by atoms with Crippen molar-refractivity contribution < 1.29 is 0 Å². The molecule has 1 N–H and O–H groups in total. The maximum absolute atomic E-state index is 8.19. The molecule has 1 aromatic carbocycles. The van der Waals surface area contributed by atoms with Crippen molar-refractivity contribution in [1.82, 2.24) is 4.90 Å². The summed E-state index contributed by atoms with van der Waals surface area (Å²) in [7, 11) is 2.13. The van der Waals surface area contributed by atoms with Crippen LogP contribution < -0.4 is 4.90 Å². The molecule has 15 heavy (non-hydrogen) atoms. The van der Waals surface area contributed by atoms with Gasteiger partial charge in [0.25, 0.3) is 0 Å². The number of rotatable bonds is 0. The zero-order valence-corrected chi connectivity index (χ0v) is 8.90. The molecule has 1 fully saturated rings. The van der Waals surface area contributed by atoms with E-state index in [1.54, 1.807) is 0 Å². The van der Waals surface area contributed by atoms with Gasteiger partial charge in [-0.3, -0.25) is 5.41 Å². The molecule has 1 atom stereocenters. The second-order valence-corrected chi connectivity index (χ2v) is 4.29. The maximum Gasteiger partial charge on any atom is 0.131 e. The SMILES string of the molecule is CN1c2ccccc2C(=N)N2CCCC21. The topological polar surface area (TPSA) is 30.3 Å². The molecule has 0 spiro atoms. The van der Waals surface area contributed by atoms with Crippen LogP contribution in [0.1, 0.15) is 18.4 Å². The number of fused-ring (bicyclic) bond motifs is 2. The molecule has 0 radical (unpaired) electrons. The molecule has 0 amide bonds. The molecule has 1 saturated heterocycles. The molecular weight excluding hydrogens is 186 g/mol. The van der Waals surface area contributed by atoms with Gasteiger partial charge in [-0.05, 0) is 25.0 Å². The first-order valence-electron chi connectivity index (χ1n) is 5.46. The largest absolute Gasteiger partial charge is 0.354 e. The third kappa shape index (κ3) is 1.09. The van der Waals surface area contributed by atoms with Gasteiger partial charge in [0.1, 0.15) is 12.0 Å². The molecule has 1 unspecified atom stereocenters. The van der Waals surface area contributed by atoms with Crippen LogP contribution >= 0.6 is 0 Å². The number of anilines is 1. The average Bonchev–Trinajstić information content (AvgIpc) is 2.75. The number of benzene rings is 1. The van der Waals surface area contributed by atoms with Gasteiger partial charge in [-0.15, -0.1) is 0 Å². The third-order valence-electron chi connectivity index (χ3n) is 3.49. The number of hydrogen-bond acceptors (Lipinski definition) is 2. The monoisotopic (exact) mass is 201 g/mol. The van der Waals surface area contributed by atoms with Crippen molar-refractivity contribution in [2.24, 2.45) is 0 Å². The molecule has 3 nitrogen and oxygen atoms in total. The fourth-order valence-corrected chi connectivity index (χ4v) is 2.71. The number of amidine groups is 1. The molecule has 3 heteroatoms. The molecule has 2 heterocycles. The van der Waals surface area contributed by atoms with Crippen molar-refractivity contribution in [1.29, 1.82) is 5.41 Å². The van der Waals surface area contributed by atoms with Crippen molar-refractivity contribution in [3.05, 3.63) is 29.8 Å². The van der Waals surface area contributed by atoms with Crippen LogP contribution in [0.3, 0.4) is 0 Å². The van der Waals surface area contributed by atoms with E-state index in [0.29, 0.717) is 12.0 Å². The van der Waals surface area contributed by atoms with Gasteiger partial charge < -0.3 is 9.80 Å². The van der Waals surface area contributed by atoms with Gasteiger partial charge in [-0.25, -0.2) is 0 Å². The molecule has 2 aliphatic rings. The van der Waals surface area contributed by atoms with Crippen LogP contribution in [-0.4, -0.2) is 30.5 Å². The fourth-order valence-electron chi connectivity index (χ4n) is 2.71. The smallest absolute Gasteiger partial charge is 0.131 e. The lowest BCUT2D eigenvalue weighted by Crippen LogP contribution is -2.50. The Labute approximate surface area is 89.8 Å². The molecule has 78 valence electrons. The first-order valence-corrected chi connectivity index (χ1v) is 5.46. The van der Waals surface area contributed by atoms with Gasteiger partial charge in [0.2, 0.25) is 0 Å². The van der Waals surface area contributed by atoms with E-state index in [9.17, 15) is 0 Å². The molecule has 2 aliphatic heterocycles. The molecule has 1 aromatic rings. The standard InChI is InChI=1S/C12H15N3/c1-14-10-6-3-2-5-9(10)12(13)15-8-4-7-11(14)15/h2-3,5-6,11,13H,4,7-8H2,1H3. The molecular formula is C12H15N3. The van der Waals surface area contributed by atoms with Crippen molar-refractivity contribution in [3.63, 3.8) is 0 Å². The maximum atomic E-state index is 8.19. The fraction of sp³-hybridized carbons (Fsp3) is 0.417. The minimum Gasteiger partial charge on any atom is -0.354 e. The Kier molecular flexibility index (Phi) is 1.75. The quantitative estimate of drug-likeness (QED) is 0.694. The van der Waals surface area contributed by atoms with Crippen molar-refractivity contribution in [2.45, 2.75) is 19.0 Å². The highest BCUT2D eigenvalue weighted by Gasteiger charge is 2.36. The molecule has 0 bridgehead atoms. The minimum atomic E-state index is 0.410. The zero-order valence-electron chi connectivity index (χ0n) is 8.90. The van der Waals surface area contributed by atoms with Gasteiger partial charge in [0.15, 0.2) is 0 Å². The van der Waals surface area contributed by atoms with Gasteiger partial charge in [0, 0.05) is 24.8 Å². The van der Waals surface area contributed by atoms with E-state index in [-0.39, 0.29) is 0 Å². The second kappa shape index (κ2) is 2.99. The minimum absolute atomic E-state index is 0.410. The van der Waals surface area contributed by atoms with E-state index in [1.807, 2.05) is 18.2 Å². The van der Waals surface area contributed by atoms with E-state index in [0.717, 1.165) is 12.1 Å². The Morgan fingerprint density at radius 1 is 1.33 bits per heavy atom. The van der Waals surface area contributed by atoms with Crippen LogP contribution in [0.5, 0.6) is 0 Å². The Morgan fingerprint density at radius 2 is 2.13 bits per heavy atom. The van der Waals surface area contributed by atoms with Crippen LogP contribution in [0.25, 0.3) is 0 Å². The van der Waals surface area contributed by atoms with Crippen molar-refractivity contribution in [3.8, 4) is 0 Å². The van der Waals surface area contributed by atoms with Crippen LogP contribution in [0.4, 0.5) is 5.69 Å². The van der Waals surface area contributed by atoms with E-state index < -0.39 is 0 Å². The predicted molar refractivity (Wildman–Crippen MR) is 61.4 cm³/mol. The lowest BCUT2D eigenvalue weighted by Gasteiger charge is -2.41. The lowest BCUT2D eigenvalue weighted by atomic mass is 10.1. The summed E-state index contributed by atoms with van der Waals surface area (Å²) in [5.74, 6) is 0.700. The first kappa shape index (κ1) is 8.77. The molecule has 0 saturated carbocycles. The highest BCUT2D eigenvalue weighted by Crippen LogP contribution is 2.34. The van der Waals surface area contributed by atoms with Crippen LogP contribution in [0.15, 0.2) is 24.3 Å². The van der Waals surface area contributed by atoms with E-state index in [1.165, 1.54) is 18.5 Å². The highest BCUT2D eigenvalue weighted by molar-refractivity contribution is 6.03. The number of nitrogens with zero attached hydrogens (tertiary/aromatic N) is 2. The second-order valence-electron chi connectivity index (χ2n) is 4.29. The summed E-state index contributed by atoms with van der Waals surface area (Å²) >= 11 is 0. The third-order valence-corrected chi connectivity index (χ3v) is 3.49. The Hall–Kier alpha value is -1.51. The predicted octanol–water partition coefficient (Wildman–Crippen LogP) is 1.88. The lowest BCUT2D eigenvalue weighted by molar-refractivity contribution is 0.374. The Bertz CT molecular complexity index is 413. The van der Waals surface area contributed by atoms with Gasteiger partial charge >= 0.3 is 0 Å². The molecule has 3 rings (SSSR count). The molecule has 0 aromatic heterocycles. The number of para-hydroxylation sites is 1. The summed E-state index contributed by atoms with van der Waals surface area (Å²) in [6, 6.07) is 8.22. The zero-order chi connectivity index (χ0) is 10.4. The van der Waals surface area contributed by atoms with E-state index >= 15 is 0 Å². The summed E-state index contributed by atoms with van der Waals surface area (Å²) in [5.41, 5.74) is 2.27. The van der Waals surface area contributed by atoms with Gasteiger partial charge in [-0.2, -0.15) is 0 Å². The Balaban J connectivity index is 2.14. The van der Waals surface area contributed by atoms with E-state index in [4.69, 9.17) is 5.41 Å². The van der Waals surface area contributed by atoms with Crippen LogP contribution in [0.2, 0.25) is 0 Å². The van der Waals surface area contributed by atoms with E-state index in [2.05, 4.69) is 22.9 Å². The summed E-state index contributed by atoms with van der Waals surface area (Å²) in [6.45, 7) is 1.03. The summed E-state index contributed by atoms with van der Waals surface area (Å²) in [6.07, 6.45) is 2.78. The van der Waals surface area contributed by atoms with Crippen LogP contribution in [0, 0.1) is 5.41 Å². The first-order chi connectivity index (χ1) is 7.29. The van der Waals surface area contributed by atoms with Crippen LogP contribution in [-0.2, 0) is 0 Å². The normalized spacial score (nSPS) is 24.1. The van der Waals surface area contributed by atoms with Crippen molar-refractivity contribution in [2.75, 3.05) is 18.5 Å². The summed E-state index contributed by atoms with van der Waals surface area (Å²) in [5, 5.41) is 8.19. The van der Waals surface area contributed by atoms with Gasteiger partial charge in [-0.1, -0.05) is 12.1 Å². The Morgan fingerprint density at radius 3 is 3.00 bits per heavy atom. The molecule has 0 aliphatic carbocycles. The number of hydrogen-bond donors (Lipinski definition) is 1. The number of nitrogens with one attached hydrogen (secondary N) is 1. The average molecular weight is 201 g/mol.